The summed E-state index contributed by atoms with van der Waals surface area (Å²) in [6.45, 7) is 8.54. The van der Waals surface area contributed by atoms with Crippen molar-refractivity contribution in [3.63, 3.8) is 0 Å². The van der Waals surface area contributed by atoms with E-state index in [4.69, 9.17) is 9.47 Å². The molecule has 0 aliphatic heterocycles. The summed E-state index contributed by atoms with van der Waals surface area (Å²) in [6, 6.07) is 17.9. The molecule has 0 aromatic heterocycles. The van der Waals surface area contributed by atoms with Gasteiger partial charge in [-0.2, -0.15) is 0 Å². The number of carbonyl (C=O) groups is 3. The maximum atomic E-state index is 13.3. The van der Waals surface area contributed by atoms with E-state index in [0.29, 0.717) is 17.5 Å². The lowest BCUT2D eigenvalue weighted by molar-refractivity contribution is -0.158. The molecule has 3 fully saturated rings. The fourth-order valence-corrected chi connectivity index (χ4v) is 7.73. The number of carbonyl (C=O) groups excluding carboxylic acids is 3. The molecule has 5 nitrogen and oxygen atoms in total. The Morgan fingerprint density at radius 2 is 1.23 bits per heavy atom. The van der Waals surface area contributed by atoms with E-state index in [1.807, 2.05) is 24.3 Å². The van der Waals surface area contributed by atoms with Crippen LogP contribution in [0.3, 0.4) is 0 Å². The summed E-state index contributed by atoms with van der Waals surface area (Å²) in [5.74, 6) is -0.418. The standard InChI is InChI=1S/C30H34O5/c1-18(2)29-17-30(19(3)4,24-22(29)15-16-23(24)31)26(35-28(33)21-13-9-6-10-14-21)25(29)34-27(32)20-11-7-5-8-12-20/h5-14,18-19,22,24-26H,15-17H2,1-4H3. The summed E-state index contributed by atoms with van der Waals surface area (Å²) in [5.41, 5.74) is -0.0583. The summed E-state index contributed by atoms with van der Waals surface area (Å²) in [5, 5.41) is 0. The van der Waals surface area contributed by atoms with Gasteiger partial charge in [-0.1, -0.05) is 64.1 Å². The highest BCUT2D eigenvalue weighted by Gasteiger charge is 2.80. The molecule has 5 rings (SSSR count). The van der Waals surface area contributed by atoms with Gasteiger partial charge < -0.3 is 9.47 Å². The van der Waals surface area contributed by atoms with E-state index in [1.165, 1.54) is 0 Å². The molecule has 35 heavy (non-hydrogen) atoms. The number of esters is 2. The smallest absolute Gasteiger partial charge is 0.338 e. The molecule has 184 valence electrons. The molecule has 5 heteroatoms. The normalized spacial score (nSPS) is 33.3. The monoisotopic (exact) mass is 474 g/mol. The number of Topliss-reactive ketones (excluding diaryl/α,β-unsaturated/α-hetero) is 1. The van der Waals surface area contributed by atoms with E-state index >= 15 is 0 Å². The topological polar surface area (TPSA) is 69.7 Å². The summed E-state index contributed by atoms with van der Waals surface area (Å²) in [4.78, 5) is 40.0. The van der Waals surface area contributed by atoms with Gasteiger partial charge in [-0.3, -0.25) is 4.79 Å². The Morgan fingerprint density at radius 1 is 0.771 bits per heavy atom. The molecule has 0 spiro atoms. The van der Waals surface area contributed by atoms with Gasteiger partial charge in [0.1, 0.15) is 18.0 Å². The minimum Gasteiger partial charge on any atom is -0.454 e. The quantitative estimate of drug-likeness (QED) is 0.500. The van der Waals surface area contributed by atoms with Crippen molar-refractivity contribution in [2.24, 2.45) is 34.5 Å². The minimum atomic E-state index is -0.687. The van der Waals surface area contributed by atoms with Crippen LogP contribution in [-0.2, 0) is 14.3 Å². The van der Waals surface area contributed by atoms with Crippen LogP contribution in [0.4, 0.5) is 0 Å². The van der Waals surface area contributed by atoms with Crippen molar-refractivity contribution in [2.75, 3.05) is 0 Å². The third-order valence-electron chi connectivity index (χ3n) is 9.30. The van der Waals surface area contributed by atoms with Crippen molar-refractivity contribution in [3.8, 4) is 0 Å². The number of fused-ring (bicyclic) bond motifs is 5. The van der Waals surface area contributed by atoms with Gasteiger partial charge in [0.05, 0.1) is 11.1 Å². The highest BCUT2D eigenvalue weighted by Crippen LogP contribution is 2.76. The van der Waals surface area contributed by atoms with Crippen molar-refractivity contribution in [3.05, 3.63) is 71.8 Å². The first kappa shape index (κ1) is 23.8. The second-order valence-electron chi connectivity index (χ2n) is 11.2. The Balaban J connectivity index is 1.62. The molecular formula is C30H34O5. The largest absolute Gasteiger partial charge is 0.454 e. The molecule has 0 N–H and O–H groups in total. The lowest BCUT2D eigenvalue weighted by Crippen LogP contribution is -2.58. The van der Waals surface area contributed by atoms with Gasteiger partial charge in [-0.15, -0.1) is 0 Å². The zero-order valence-corrected chi connectivity index (χ0v) is 20.9. The predicted octanol–water partition coefficient (Wildman–Crippen LogP) is 5.74. The Labute approximate surface area is 207 Å². The zero-order chi connectivity index (χ0) is 25.0. The maximum Gasteiger partial charge on any atom is 0.338 e. The van der Waals surface area contributed by atoms with Crippen molar-refractivity contribution < 1.29 is 23.9 Å². The third-order valence-corrected chi connectivity index (χ3v) is 9.30. The van der Waals surface area contributed by atoms with Crippen LogP contribution in [0, 0.1) is 34.5 Å². The highest BCUT2D eigenvalue weighted by atomic mass is 16.6. The van der Waals surface area contributed by atoms with Crippen LogP contribution in [0.15, 0.2) is 60.7 Å². The van der Waals surface area contributed by atoms with Crippen LogP contribution in [0.25, 0.3) is 0 Å². The number of rotatable bonds is 6. The average Bonchev–Trinajstić information content (AvgIpc) is 3.48. The van der Waals surface area contributed by atoms with E-state index in [2.05, 4.69) is 27.7 Å². The molecule has 0 radical (unpaired) electrons. The van der Waals surface area contributed by atoms with Crippen LogP contribution in [0.2, 0.25) is 0 Å². The summed E-state index contributed by atoms with van der Waals surface area (Å²) in [7, 11) is 0. The zero-order valence-electron chi connectivity index (χ0n) is 20.9. The van der Waals surface area contributed by atoms with E-state index in [9.17, 15) is 14.4 Å². The molecule has 6 atom stereocenters. The van der Waals surface area contributed by atoms with Crippen molar-refractivity contribution in [2.45, 2.75) is 59.2 Å². The Hall–Kier alpha value is -2.95. The van der Waals surface area contributed by atoms with Crippen LogP contribution in [-0.4, -0.2) is 29.9 Å². The average molecular weight is 475 g/mol. The van der Waals surface area contributed by atoms with E-state index < -0.39 is 35.0 Å². The van der Waals surface area contributed by atoms with Gasteiger partial charge in [0.15, 0.2) is 0 Å². The van der Waals surface area contributed by atoms with Gasteiger partial charge in [0.2, 0.25) is 0 Å². The molecule has 2 bridgehead atoms. The highest BCUT2D eigenvalue weighted by molar-refractivity contribution is 5.91. The summed E-state index contributed by atoms with van der Waals surface area (Å²) < 4.78 is 12.6. The van der Waals surface area contributed by atoms with Crippen molar-refractivity contribution >= 4 is 17.7 Å². The van der Waals surface area contributed by atoms with Gasteiger partial charge in [-0.25, -0.2) is 9.59 Å². The maximum absolute atomic E-state index is 13.3. The molecule has 2 aromatic carbocycles. The molecule has 3 saturated carbocycles. The van der Waals surface area contributed by atoms with Crippen LogP contribution < -0.4 is 0 Å². The first-order chi connectivity index (χ1) is 16.7. The summed E-state index contributed by atoms with van der Waals surface area (Å²) in [6.07, 6.45) is 0.757. The molecule has 0 heterocycles. The Bertz CT molecular complexity index is 1120. The third kappa shape index (κ3) is 3.38. The number of ketones is 1. The van der Waals surface area contributed by atoms with Gasteiger partial charge in [0.25, 0.3) is 0 Å². The number of ether oxygens (including phenoxy) is 2. The minimum absolute atomic E-state index is 0.0756. The first-order valence-corrected chi connectivity index (χ1v) is 12.8. The second-order valence-corrected chi connectivity index (χ2v) is 11.2. The SMILES string of the molecule is CC(C)C12CC(C(C)C)(C(OC(=O)c3ccccc3)C1OC(=O)c1ccccc1)C1C(=O)CCC12. The van der Waals surface area contributed by atoms with Gasteiger partial charge in [-0.05, 0) is 54.9 Å². The van der Waals surface area contributed by atoms with Gasteiger partial charge in [0, 0.05) is 23.2 Å². The Morgan fingerprint density at radius 3 is 1.69 bits per heavy atom. The fourth-order valence-electron chi connectivity index (χ4n) is 7.73. The number of hydrogen-bond donors (Lipinski definition) is 0. The first-order valence-electron chi connectivity index (χ1n) is 12.8. The molecule has 2 aromatic rings. The van der Waals surface area contributed by atoms with E-state index in [1.54, 1.807) is 36.4 Å². The van der Waals surface area contributed by atoms with Crippen molar-refractivity contribution in [1.29, 1.82) is 0 Å². The molecule has 0 amide bonds. The molecule has 3 aliphatic rings. The lowest BCUT2D eigenvalue weighted by atomic mass is 9.59. The lowest BCUT2D eigenvalue weighted by Gasteiger charge is -2.50. The second kappa shape index (κ2) is 8.61. The predicted molar refractivity (Wildman–Crippen MR) is 132 cm³/mol. The molecule has 3 aliphatic carbocycles. The molecular weight excluding hydrogens is 440 g/mol. The fraction of sp³-hybridized carbons (Fsp3) is 0.500. The number of benzene rings is 2. The Kier molecular flexibility index (Phi) is 5.85. The van der Waals surface area contributed by atoms with E-state index in [0.717, 1.165) is 12.8 Å². The van der Waals surface area contributed by atoms with E-state index in [-0.39, 0.29) is 29.5 Å². The van der Waals surface area contributed by atoms with Gasteiger partial charge >= 0.3 is 11.9 Å². The molecule has 6 unspecified atom stereocenters. The van der Waals surface area contributed by atoms with Crippen LogP contribution >= 0.6 is 0 Å². The van der Waals surface area contributed by atoms with Crippen LogP contribution in [0.5, 0.6) is 0 Å². The molecule has 0 saturated heterocycles. The summed E-state index contributed by atoms with van der Waals surface area (Å²) >= 11 is 0. The van der Waals surface area contributed by atoms with Crippen molar-refractivity contribution in [1.82, 2.24) is 0 Å². The number of hydrogen-bond acceptors (Lipinski definition) is 5. The van der Waals surface area contributed by atoms with Crippen LogP contribution in [0.1, 0.15) is 67.7 Å².